The van der Waals surface area contributed by atoms with Crippen molar-refractivity contribution in [2.75, 3.05) is 27.2 Å². The van der Waals surface area contributed by atoms with Gasteiger partial charge in [-0.3, -0.25) is 0 Å². The Hall–Kier alpha value is -0.450. The minimum atomic E-state index is 0.393. The molecule has 1 aromatic heterocycles. The summed E-state index contributed by atoms with van der Waals surface area (Å²) in [4.78, 5) is 6.52. The maximum absolute atomic E-state index is 4.29. The Balaban J connectivity index is 2.05. The van der Waals surface area contributed by atoms with Crippen molar-refractivity contribution >= 4 is 11.3 Å². The summed E-state index contributed by atoms with van der Waals surface area (Å²) in [6.07, 6.45) is 4.35. The molecule has 0 aliphatic carbocycles. The molecule has 0 saturated heterocycles. The lowest BCUT2D eigenvalue weighted by Gasteiger charge is -2.12. The number of thiazole rings is 1. The predicted molar refractivity (Wildman–Crippen MR) is 66.3 cm³/mol. The van der Waals surface area contributed by atoms with Gasteiger partial charge >= 0.3 is 0 Å². The molecule has 1 atom stereocenters. The van der Waals surface area contributed by atoms with Crippen molar-refractivity contribution in [2.24, 2.45) is 0 Å². The van der Waals surface area contributed by atoms with Crippen LogP contribution in [0.1, 0.15) is 30.8 Å². The van der Waals surface area contributed by atoms with Gasteiger partial charge in [-0.05, 0) is 47.0 Å². The number of unbranched alkanes of at least 4 members (excludes halogenated alkanes) is 1. The molecule has 0 aromatic carbocycles. The number of rotatable bonds is 7. The maximum Gasteiger partial charge on any atom is 0.109 e. The van der Waals surface area contributed by atoms with E-state index in [9.17, 15) is 0 Å². The molecule has 0 saturated carbocycles. The second-order valence-corrected chi connectivity index (χ2v) is 4.98. The molecule has 15 heavy (non-hydrogen) atoms. The molecule has 0 amide bonds. The number of hydrogen-bond donors (Lipinski definition) is 1. The maximum atomic E-state index is 4.29. The first-order chi connectivity index (χ1) is 7.20. The van der Waals surface area contributed by atoms with E-state index in [1.165, 1.54) is 24.4 Å². The average molecular weight is 227 g/mol. The summed E-state index contributed by atoms with van der Waals surface area (Å²) >= 11 is 1.72. The van der Waals surface area contributed by atoms with Crippen molar-refractivity contribution < 1.29 is 0 Å². The third-order valence-electron chi connectivity index (χ3n) is 2.30. The lowest BCUT2D eigenvalue weighted by atomic mass is 10.2. The van der Waals surface area contributed by atoms with E-state index in [1.807, 2.05) is 11.6 Å². The van der Waals surface area contributed by atoms with Crippen LogP contribution in [-0.2, 0) is 0 Å². The summed E-state index contributed by atoms with van der Waals surface area (Å²) in [6, 6.07) is 0.393. The van der Waals surface area contributed by atoms with Crippen LogP contribution in [-0.4, -0.2) is 37.1 Å². The van der Waals surface area contributed by atoms with Gasteiger partial charge in [0, 0.05) is 11.6 Å². The highest BCUT2D eigenvalue weighted by Gasteiger charge is 2.05. The number of hydrogen-bond acceptors (Lipinski definition) is 4. The topological polar surface area (TPSA) is 28.2 Å². The number of nitrogens with zero attached hydrogens (tertiary/aromatic N) is 2. The van der Waals surface area contributed by atoms with E-state index in [1.54, 1.807) is 11.3 Å². The molecule has 86 valence electrons. The molecule has 4 heteroatoms. The van der Waals surface area contributed by atoms with Gasteiger partial charge in [-0.1, -0.05) is 0 Å². The van der Waals surface area contributed by atoms with Gasteiger partial charge in [-0.2, -0.15) is 0 Å². The first-order valence-corrected chi connectivity index (χ1v) is 6.35. The van der Waals surface area contributed by atoms with Crippen molar-refractivity contribution in [3.05, 3.63) is 16.6 Å². The van der Waals surface area contributed by atoms with Crippen LogP contribution >= 0.6 is 11.3 Å². The summed E-state index contributed by atoms with van der Waals surface area (Å²) in [5.74, 6) is 0. The highest BCUT2D eigenvalue weighted by atomic mass is 32.1. The largest absolute Gasteiger partial charge is 0.309 e. The van der Waals surface area contributed by atoms with Crippen LogP contribution in [0.25, 0.3) is 0 Å². The van der Waals surface area contributed by atoms with Gasteiger partial charge in [0.2, 0.25) is 0 Å². The molecule has 0 aliphatic rings. The summed E-state index contributed by atoms with van der Waals surface area (Å²) in [7, 11) is 4.23. The standard InChI is InChI=1S/C11H21N3S/c1-10(11-13-7-9-15-11)12-6-4-5-8-14(2)3/h7,9-10,12H,4-6,8H2,1-3H3. The third-order valence-corrected chi connectivity index (χ3v) is 3.26. The molecule has 1 heterocycles. The third kappa shape index (κ3) is 5.25. The fourth-order valence-corrected chi connectivity index (χ4v) is 2.08. The van der Waals surface area contributed by atoms with Gasteiger partial charge in [0.25, 0.3) is 0 Å². The van der Waals surface area contributed by atoms with Crippen molar-refractivity contribution in [3.8, 4) is 0 Å². The molecule has 1 rings (SSSR count). The molecule has 0 fully saturated rings. The van der Waals surface area contributed by atoms with Crippen molar-refractivity contribution in [1.82, 2.24) is 15.2 Å². The number of nitrogens with one attached hydrogen (secondary N) is 1. The molecule has 0 radical (unpaired) electrons. The second kappa shape index (κ2) is 6.93. The molecular formula is C11H21N3S. The minimum Gasteiger partial charge on any atom is -0.309 e. The van der Waals surface area contributed by atoms with Crippen molar-refractivity contribution in [1.29, 1.82) is 0 Å². The van der Waals surface area contributed by atoms with Crippen LogP contribution in [0.4, 0.5) is 0 Å². The fraction of sp³-hybridized carbons (Fsp3) is 0.727. The normalized spacial score (nSPS) is 13.3. The molecular weight excluding hydrogens is 206 g/mol. The van der Waals surface area contributed by atoms with E-state index in [4.69, 9.17) is 0 Å². The summed E-state index contributed by atoms with van der Waals surface area (Å²) in [6.45, 7) is 4.42. The van der Waals surface area contributed by atoms with Crippen LogP contribution in [0, 0.1) is 0 Å². The Labute approximate surface area is 96.5 Å². The van der Waals surface area contributed by atoms with Crippen molar-refractivity contribution in [2.45, 2.75) is 25.8 Å². The van der Waals surface area contributed by atoms with Gasteiger partial charge < -0.3 is 10.2 Å². The van der Waals surface area contributed by atoms with E-state index >= 15 is 0 Å². The lowest BCUT2D eigenvalue weighted by Crippen LogP contribution is -2.21. The second-order valence-electron chi connectivity index (χ2n) is 4.06. The Kier molecular flexibility index (Phi) is 5.83. The predicted octanol–water partition coefficient (Wildman–Crippen LogP) is 2.14. The quantitative estimate of drug-likeness (QED) is 0.723. The zero-order valence-electron chi connectivity index (χ0n) is 9.86. The van der Waals surface area contributed by atoms with E-state index < -0.39 is 0 Å². The SMILES string of the molecule is CC(NCCCCN(C)C)c1nccs1. The molecule has 1 N–H and O–H groups in total. The van der Waals surface area contributed by atoms with Gasteiger partial charge in [-0.25, -0.2) is 4.98 Å². The smallest absolute Gasteiger partial charge is 0.109 e. The van der Waals surface area contributed by atoms with Crippen LogP contribution in [0.2, 0.25) is 0 Å². The fourth-order valence-electron chi connectivity index (χ4n) is 1.41. The number of aromatic nitrogens is 1. The zero-order chi connectivity index (χ0) is 11.1. The van der Waals surface area contributed by atoms with Gasteiger partial charge in [0.15, 0.2) is 0 Å². The molecule has 1 unspecified atom stereocenters. The van der Waals surface area contributed by atoms with Crippen LogP contribution in [0.5, 0.6) is 0 Å². The first-order valence-electron chi connectivity index (χ1n) is 5.47. The molecule has 3 nitrogen and oxygen atoms in total. The Morgan fingerprint density at radius 2 is 2.27 bits per heavy atom. The van der Waals surface area contributed by atoms with Gasteiger partial charge in [0.05, 0.1) is 6.04 Å². The van der Waals surface area contributed by atoms with E-state index in [0.717, 1.165) is 6.54 Å². The monoisotopic (exact) mass is 227 g/mol. The van der Waals surface area contributed by atoms with Gasteiger partial charge in [0.1, 0.15) is 5.01 Å². The van der Waals surface area contributed by atoms with E-state index in [-0.39, 0.29) is 0 Å². The highest BCUT2D eigenvalue weighted by Crippen LogP contribution is 2.14. The van der Waals surface area contributed by atoms with Crippen LogP contribution in [0.3, 0.4) is 0 Å². The average Bonchev–Trinajstić information content (AvgIpc) is 2.69. The van der Waals surface area contributed by atoms with E-state index in [0.29, 0.717) is 6.04 Å². The molecule has 0 bridgehead atoms. The highest BCUT2D eigenvalue weighted by molar-refractivity contribution is 7.09. The summed E-state index contributed by atoms with van der Waals surface area (Å²) in [5, 5.41) is 6.70. The first kappa shape index (κ1) is 12.6. The zero-order valence-corrected chi connectivity index (χ0v) is 10.7. The van der Waals surface area contributed by atoms with E-state index in [2.05, 4.69) is 36.2 Å². The Morgan fingerprint density at radius 3 is 2.87 bits per heavy atom. The summed E-state index contributed by atoms with van der Waals surface area (Å²) < 4.78 is 0. The summed E-state index contributed by atoms with van der Waals surface area (Å²) in [5.41, 5.74) is 0. The molecule has 0 aliphatic heterocycles. The molecule has 1 aromatic rings. The minimum absolute atomic E-state index is 0.393. The van der Waals surface area contributed by atoms with Gasteiger partial charge in [-0.15, -0.1) is 11.3 Å². The van der Waals surface area contributed by atoms with Crippen LogP contribution in [0.15, 0.2) is 11.6 Å². The van der Waals surface area contributed by atoms with Crippen LogP contribution < -0.4 is 5.32 Å². The Bertz CT molecular complexity index is 246. The Morgan fingerprint density at radius 1 is 1.47 bits per heavy atom. The van der Waals surface area contributed by atoms with Crippen molar-refractivity contribution in [3.63, 3.8) is 0 Å². The lowest BCUT2D eigenvalue weighted by molar-refractivity contribution is 0.389. The molecule has 0 spiro atoms.